The fourth-order valence-corrected chi connectivity index (χ4v) is 1.97. The summed E-state index contributed by atoms with van der Waals surface area (Å²) in [6.07, 6.45) is 3.77. The van der Waals surface area contributed by atoms with Crippen LogP contribution in [0.4, 0.5) is 0 Å². The lowest BCUT2D eigenvalue weighted by molar-refractivity contribution is -0.130. The van der Waals surface area contributed by atoms with Gasteiger partial charge in [0, 0.05) is 20.0 Å². The van der Waals surface area contributed by atoms with Gasteiger partial charge in [0.05, 0.1) is 6.10 Å². The molecule has 0 heterocycles. The average Bonchev–Trinajstić information content (AvgIpc) is 2.41. The number of aliphatic hydroxyl groups excluding tert-OH is 1. The highest BCUT2D eigenvalue weighted by atomic mass is 16.3. The van der Waals surface area contributed by atoms with Crippen molar-refractivity contribution in [2.45, 2.75) is 45.1 Å². The molecule has 0 radical (unpaired) electrons. The quantitative estimate of drug-likeness (QED) is 0.732. The maximum absolute atomic E-state index is 11.7. The molecule has 0 fully saturated rings. The van der Waals surface area contributed by atoms with Crippen molar-refractivity contribution in [1.82, 2.24) is 4.90 Å². The van der Waals surface area contributed by atoms with Crippen molar-refractivity contribution in [3.63, 3.8) is 0 Å². The van der Waals surface area contributed by atoms with Crippen molar-refractivity contribution in [3.8, 4) is 0 Å². The molecular weight excluding hydrogens is 238 g/mol. The van der Waals surface area contributed by atoms with Crippen molar-refractivity contribution in [2.75, 3.05) is 13.6 Å². The zero-order valence-corrected chi connectivity index (χ0v) is 12.0. The van der Waals surface area contributed by atoms with Gasteiger partial charge in [-0.1, -0.05) is 30.3 Å². The van der Waals surface area contributed by atoms with E-state index in [1.54, 1.807) is 11.8 Å². The summed E-state index contributed by atoms with van der Waals surface area (Å²) in [6.45, 7) is 2.51. The van der Waals surface area contributed by atoms with E-state index in [1.807, 2.05) is 13.1 Å². The van der Waals surface area contributed by atoms with Crippen LogP contribution in [0.3, 0.4) is 0 Å². The van der Waals surface area contributed by atoms with E-state index in [1.165, 1.54) is 5.56 Å². The van der Waals surface area contributed by atoms with E-state index < -0.39 is 6.10 Å². The molecule has 0 bridgehead atoms. The minimum atomic E-state index is -0.393. The van der Waals surface area contributed by atoms with E-state index in [4.69, 9.17) is 5.11 Å². The first kappa shape index (κ1) is 15.7. The summed E-state index contributed by atoms with van der Waals surface area (Å²) < 4.78 is 0. The van der Waals surface area contributed by atoms with Gasteiger partial charge in [0.1, 0.15) is 0 Å². The molecule has 0 aliphatic rings. The van der Waals surface area contributed by atoms with Crippen LogP contribution in [-0.2, 0) is 11.2 Å². The molecule has 19 heavy (non-hydrogen) atoms. The van der Waals surface area contributed by atoms with Crippen molar-refractivity contribution >= 4 is 5.91 Å². The molecule has 0 saturated carbocycles. The first-order valence-corrected chi connectivity index (χ1v) is 7.05. The number of carbonyl (C=O) groups excluding carboxylic acids is 1. The third kappa shape index (κ3) is 6.97. The molecule has 0 aromatic heterocycles. The third-order valence-electron chi connectivity index (χ3n) is 3.25. The van der Waals surface area contributed by atoms with E-state index in [9.17, 15) is 4.79 Å². The van der Waals surface area contributed by atoms with Gasteiger partial charge in [0.15, 0.2) is 0 Å². The molecule has 0 spiro atoms. The van der Waals surface area contributed by atoms with Crippen molar-refractivity contribution in [2.24, 2.45) is 0 Å². The number of hydrogen-bond donors (Lipinski definition) is 1. The van der Waals surface area contributed by atoms with Crippen LogP contribution in [0.15, 0.2) is 30.3 Å². The molecule has 1 rings (SSSR count). The second kappa shape index (κ2) is 8.70. The van der Waals surface area contributed by atoms with Crippen LogP contribution < -0.4 is 0 Å². The Kier molecular flexibility index (Phi) is 7.19. The summed E-state index contributed by atoms with van der Waals surface area (Å²) in [4.78, 5) is 13.5. The van der Waals surface area contributed by atoms with Crippen LogP contribution in [0, 0.1) is 0 Å². The Morgan fingerprint density at radius 1 is 1.26 bits per heavy atom. The Balaban J connectivity index is 2.13. The van der Waals surface area contributed by atoms with Gasteiger partial charge in [-0.3, -0.25) is 4.79 Å². The molecule has 0 aliphatic carbocycles. The summed E-state index contributed by atoms with van der Waals surface area (Å²) in [5.74, 6) is 0.126. The maximum Gasteiger partial charge on any atom is 0.222 e. The summed E-state index contributed by atoms with van der Waals surface area (Å²) in [6, 6.07) is 10.4. The van der Waals surface area contributed by atoms with Crippen LogP contribution >= 0.6 is 0 Å². The first-order valence-electron chi connectivity index (χ1n) is 7.05. The van der Waals surface area contributed by atoms with Gasteiger partial charge < -0.3 is 10.0 Å². The number of benzene rings is 1. The summed E-state index contributed by atoms with van der Waals surface area (Å²) in [5.41, 5.74) is 1.35. The lowest BCUT2D eigenvalue weighted by Crippen LogP contribution is -2.28. The Labute approximate surface area is 116 Å². The van der Waals surface area contributed by atoms with Crippen molar-refractivity contribution in [3.05, 3.63) is 35.9 Å². The van der Waals surface area contributed by atoms with Gasteiger partial charge >= 0.3 is 0 Å². The number of carbonyl (C=O) groups is 1. The highest BCUT2D eigenvalue weighted by Crippen LogP contribution is 2.06. The zero-order valence-electron chi connectivity index (χ0n) is 12.0. The second-order valence-electron chi connectivity index (χ2n) is 5.15. The summed E-state index contributed by atoms with van der Waals surface area (Å²) in [5, 5.41) is 9.15. The first-order chi connectivity index (χ1) is 9.09. The molecule has 0 aliphatic heterocycles. The lowest BCUT2D eigenvalue weighted by atomic mass is 10.1. The van der Waals surface area contributed by atoms with E-state index in [2.05, 4.69) is 24.3 Å². The highest BCUT2D eigenvalue weighted by Gasteiger charge is 2.09. The Morgan fingerprint density at radius 3 is 2.58 bits per heavy atom. The molecule has 3 nitrogen and oxygen atoms in total. The minimum Gasteiger partial charge on any atom is -0.393 e. The molecule has 0 saturated heterocycles. The monoisotopic (exact) mass is 263 g/mol. The molecule has 1 aromatic rings. The third-order valence-corrected chi connectivity index (χ3v) is 3.25. The van der Waals surface area contributed by atoms with Crippen molar-refractivity contribution < 1.29 is 9.90 Å². The van der Waals surface area contributed by atoms with Gasteiger partial charge in [-0.2, -0.15) is 0 Å². The second-order valence-corrected chi connectivity index (χ2v) is 5.15. The van der Waals surface area contributed by atoms with E-state index in [0.29, 0.717) is 12.8 Å². The number of unbranched alkanes of at least 4 members (excludes halogenated alkanes) is 1. The Hall–Kier alpha value is -1.35. The molecular formula is C16H25NO2. The number of rotatable bonds is 8. The van der Waals surface area contributed by atoms with Gasteiger partial charge in [-0.05, 0) is 38.2 Å². The molecule has 1 aromatic carbocycles. The summed E-state index contributed by atoms with van der Waals surface area (Å²) >= 11 is 0. The van der Waals surface area contributed by atoms with Gasteiger partial charge in [-0.25, -0.2) is 0 Å². The molecule has 1 N–H and O–H groups in total. The number of aliphatic hydroxyl groups is 1. The standard InChI is InChI=1S/C16H25NO2/c1-14(18)11-12-16(19)17(2)13-7-6-10-15-8-4-3-5-9-15/h3-5,8-9,14,18H,6-7,10-13H2,1-2H3. The molecule has 1 atom stereocenters. The largest absolute Gasteiger partial charge is 0.393 e. The number of hydrogen-bond acceptors (Lipinski definition) is 2. The zero-order chi connectivity index (χ0) is 14.1. The smallest absolute Gasteiger partial charge is 0.222 e. The molecule has 106 valence electrons. The predicted octanol–water partition coefficient (Wildman–Crippen LogP) is 2.63. The van der Waals surface area contributed by atoms with Crippen LogP contribution in [0.2, 0.25) is 0 Å². The van der Waals surface area contributed by atoms with E-state index in [-0.39, 0.29) is 5.91 Å². The highest BCUT2D eigenvalue weighted by molar-refractivity contribution is 5.75. The molecule has 1 unspecified atom stereocenters. The normalized spacial score (nSPS) is 12.2. The fourth-order valence-electron chi connectivity index (χ4n) is 1.97. The Morgan fingerprint density at radius 2 is 1.95 bits per heavy atom. The molecule has 3 heteroatoms. The van der Waals surface area contributed by atoms with E-state index >= 15 is 0 Å². The maximum atomic E-state index is 11.7. The summed E-state index contributed by atoms with van der Waals surface area (Å²) in [7, 11) is 1.84. The van der Waals surface area contributed by atoms with Crippen LogP contribution in [0.1, 0.15) is 38.2 Å². The molecule has 1 amide bonds. The van der Waals surface area contributed by atoms with Gasteiger partial charge in [0.25, 0.3) is 0 Å². The topological polar surface area (TPSA) is 40.5 Å². The Bertz CT molecular complexity index is 362. The van der Waals surface area contributed by atoms with Crippen LogP contribution in [0.25, 0.3) is 0 Å². The number of amides is 1. The lowest BCUT2D eigenvalue weighted by Gasteiger charge is -2.17. The number of nitrogens with zero attached hydrogens (tertiary/aromatic N) is 1. The fraction of sp³-hybridized carbons (Fsp3) is 0.562. The minimum absolute atomic E-state index is 0.126. The van der Waals surface area contributed by atoms with Crippen LogP contribution in [-0.4, -0.2) is 35.6 Å². The van der Waals surface area contributed by atoms with Gasteiger partial charge in [0.2, 0.25) is 5.91 Å². The number of aryl methyl sites for hydroxylation is 1. The van der Waals surface area contributed by atoms with Crippen LogP contribution in [0.5, 0.6) is 0 Å². The van der Waals surface area contributed by atoms with Crippen molar-refractivity contribution in [1.29, 1.82) is 0 Å². The average molecular weight is 263 g/mol. The predicted molar refractivity (Wildman–Crippen MR) is 77.9 cm³/mol. The SMILES string of the molecule is CC(O)CCC(=O)N(C)CCCCc1ccccc1. The van der Waals surface area contributed by atoms with Gasteiger partial charge in [-0.15, -0.1) is 0 Å². The van der Waals surface area contributed by atoms with E-state index in [0.717, 1.165) is 25.8 Å².